The lowest BCUT2D eigenvalue weighted by Gasteiger charge is -2.20. The van der Waals surface area contributed by atoms with Gasteiger partial charge in [-0.2, -0.15) is 0 Å². The van der Waals surface area contributed by atoms with Gasteiger partial charge in [0.05, 0.1) is 14.2 Å². The van der Waals surface area contributed by atoms with Gasteiger partial charge in [0.15, 0.2) is 0 Å². The van der Waals surface area contributed by atoms with Crippen molar-refractivity contribution in [1.29, 1.82) is 0 Å². The average Bonchev–Trinajstić information content (AvgIpc) is 2.18. The maximum Gasteiger partial charge on any atom is 0.125 e. The van der Waals surface area contributed by atoms with Gasteiger partial charge in [0.1, 0.15) is 11.5 Å². The summed E-state index contributed by atoms with van der Waals surface area (Å²) in [4.78, 5) is 0. The molecule has 1 aromatic carbocycles. The standard InChI is InChI=1S/C14H22O2/c1-10-12(15-5)7-11(8-13(10)16-6)9-14(2,3)4/h7-8H,9H2,1-6H3. The summed E-state index contributed by atoms with van der Waals surface area (Å²) >= 11 is 0. The third kappa shape index (κ3) is 3.16. The zero-order chi connectivity index (χ0) is 12.3. The van der Waals surface area contributed by atoms with Crippen molar-refractivity contribution in [1.82, 2.24) is 0 Å². The van der Waals surface area contributed by atoms with Crippen molar-refractivity contribution in [2.75, 3.05) is 14.2 Å². The number of ether oxygens (including phenoxy) is 2. The predicted molar refractivity (Wildman–Crippen MR) is 67.4 cm³/mol. The van der Waals surface area contributed by atoms with Crippen LogP contribution in [0.3, 0.4) is 0 Å². The Morgan fingerprint density at radius 1 is 1.00 bits per heavy atom. The summed E-state index contributed by atoms with van der Waals surface area (Å²) in [6.07, 6.45) is 1.01. The number of hydrogen-bond donors (Lipinski definition) is 0. The summed E-state index contributed by atoms with van der Waals surface area (Å²) in [7, 11) is 3.39. The van der Waals surface area contributed by atoms with Crippen LogP contribution in [-0.2, 0) is 6.42 Å². The average molecular weight is 222 g/mol. The van der Waals surface area contributed by atoms with Crippen molar-refractivity contribution in [3.63, 3.8) is 0 Å². The maximum atomic E-state index is 5.36. The van der Waals surface area contributed by atoms with Gasteiger partial charge in [-0.3, -0.25) is 0 Å². The molecule has 0 aromatic heterocycles. The minimum absolute atomic E-state index is 0.269. The normalized spacial score (nSPS) is 11.4. The van der Waals surface area contributed by atoms with Crippen molar-refractivity contribution in [2.45, 2.75) is 34.1 Å². The Hall–Kier alpha value is -1.18. The minimum atomic E-state index is 0.269. The highest BCUT2D eigenvalue weighted by Crippen LogP contribution is 2.32. The second-order valence-corrected chi connectivity index (χ2v) is 5.36. The first-order chi connectivity index (χ1) is 7.37. The molecule has 2 nitrogen and oxygen atoms in total. The first-order valence-corrected chi connectivity index (χ1v) is 5.59. The Morgan fingerprint density at radius 3 is 1.75 bits per heavy atom. The minimum Gasteiger partial charge on any atom is -0.496 e. The Morgan fingerprint density at radius 2 is 1.44 bits per heavy atom. The Labute approximate surface area is 98.6 Å². The molecule has 0 bridgehead atoms. The molecule has 0 fully saturated rings. The topological polar surface area (TPSA) is 18.5 Å². The van der Waals surface area contributed by atoms with E-state index in [9.17, 15) is 0 Å². The highest BCUT2D eigenvalue weighted by atomic mass is 16.5. The first-order valence-electron chi connectivity index (χ1n) is 5.59. The Kier molecular flexibility index (Phi) is 3.84. The van der Waals surface area contributed by atoms with E-state index in [0.717, 1.165) is 23.5 Å². The van der Waals surface area contributed by atoms with Crippen LogP contribution in [0.4, 0.5) is 0 Å². The lowest BCUT2D eigenvalue weighted by Crippen LogP contribution is -2.09. The molecule has 1 aromatic rings. The van der Waals surface area contributed by atoms with Gasteiger partial charge in [-0.05, 0) is 36.5 Å². The van der Waals surface area contributed by atoms with Crippen LogP contribution in [0.25, 0.3) is 0 Å². The van der Waals surface area contributed by atoms with E-state index in [1.165, 1.54) is 5.56 Å². The third-order valence-corrected chi connectivity index (χ3v) is 2.55. The number of rotatable bonds is 3. The SMILES string of the molecule is COc1cc(CC(C)(C)C)cc(OC)c1C. The van der Waals surface area contributed by atoms with Gasteiger partial charge in [0.25, 0.3) is 0 Å². The van der Waals surface area contributed by atoms with E-state index in [2.05, 4.69) is 32.9 Å². The van der Waals surface area contributed by atoms with Gasteiger partial charge in [-0.15, -0.1) is 0 Å². The predicted octanol–water partition coefficient (Wildman–Crippen LogP) is 3.60. The number of hydrogen-bond acceptors (Lipinski definition) is 2. The second-order valence-electron chi connectivity index (χ2n) is 5.36. The zero-order valence-electron chi connectivity index (χ0n) is 11.2. The molecule has 0 heterocycles. The van der Waals surface area contributed by atoms with Crippen LogP contribution < -0.4 is 9.47 Å². The van der Waals surface area contributed by atoms with E-state index in [0.29, 0.717) is 0 Å². The molecule has 0 aliphatic rings. The highest BCUT2D eigenvalue weighted by Gasteiger charge is 2.14. The van der Waals surface area contributed by atoms with Gasteiger partial charge in [-0.25, -0.2) is 0 Å². The van der Waals surface area contributed by atoms with E-state index >= 15 is 0 Å². The van der Waals surface area contributed by atoms with Crippen LogP contribution >= 0.6 is 0 Å². The Bertz CT molecular complexity index is 336. The van der Waals surface area contributed by atoms with Gasteiger partial charge in [0.2, 0.25) is 0 Å². The van der Waals surface area contributed by atoms with E-state index in [1.807, 2.05) is 6.92 Å². The summed E-state index contributed by atoms with van der Waals surface area (Å²) in [5.74, 6) is 1.80. The van der Waals surface area contributed by atoms with Crippen LogP contribution in [0, 0.1) is 12.3 Å². The summed E-state index contributed by atoms with van der Waals surface area (Å²) < 4.78 is 10.7. The lowest BCUT2D eigenvalue weighted by atomic mass is 9.87. The van der Waals surface area contributed by atoms with Crippen LogP contribution in [-0.4, -0.2) is 14.2 Å². The molecule has 0 amide bonds. The summed E-state index contributed by atoms with van der Waals surface area (Å²) in [5, 5.41) is 0. The van der Waals surface area contributed by atoms with Crippen LogP contribution in [0.2, 0.25) is 0 Å². The molecule has 0 spiro atoms. The molecule has 0 atom stereocenters. The van der Waals surface area contributed by atoms with Gasteiger partial charge in [-0.1, -0.05) is 20.8 Å². The van der Waals surface area contributed by atoms with Crippen LogP contribution in [0.15, 0.2) is 12.1 Å². The van der Waals surface area contributed by atoms with Crippen molar-refractivity contribution in [3.05, 3.63) is 23.3 Å². The quantitative estimate of drug-likeness (QED) is 0.778. The van der Waals surface area contributed by atoms with E-state index in [1.54, 1.807) is 14.2 Å². The largest absolute Gasteiger partial charge is 0.496 e. The molecule has 0 saturated carbocycles. The van der Waals surface area contributed by atoms with E-state index < -0.39 is 0 Å². The molecule has 1 rings (SSSR count). The molecule has 0 unspecified atom stereocenters. The van der Waals surface area contributed by atoms with Crippen molar-refractivity contribution >= 4 is 0 Å². The van der Waals surface area contributed by atoms with Crippen molar-refractivity contribution in [3.8, 4) is 11.5 Å². The van der Waals surface area contributed by atoms with Crippen molar-refractivity contribution < 1.29 is 9.47 Å². The van der Waals surface area contributed by atoms with E-state index in [4.69, 9.17) is 9.47 Å². The van der Waals surface area contributed by atoms with Gasteiger partial charge in [0, 0.05) is 5.56 Å². The van der Waals surface area contributed by atoms with Gasteiger partial charge < -0.3 is 9.47 Å². The fourth-order valence-electron chi connectivity index (χ4n) is 1.85. The fourth-order valence-corrected chi connectivity index (χ4v) is 1.85. The lowest BCUT2D eigenvalue weighted by molar-refractivity contribution is 0.381. The Balaban J connectivity index is 3.12. The molecule has 16 heavy (non-hydrogen) atoms. The van der Waals surface area contributed by atoms with E-state index in [-0.39, 0.29) is 5.41 Å². The zero-order valence-corrected chi connectivity index (χ0v) is 11.2. The number of benzene rings is 1. The molecule has 0 aliphatic heterocycles. The monoisotopic (exact) mass is 222 g/mol. The third-order valence-electron chi connectivity index (χ3n) is 2.55. The molecule has 2 heteroatoms. The summed E-state index contributed by atoms with van der Waals surface area (Å²) in [6, 6.07) is 4.20. The summed E-state index contributed by atoms with van der Waals surface area (Å²) in [5.41, 5.74) is 2.58. The second kappa shape index (κ2) is 4.77. The molecule has 0 radical (unpaired) electrons. The molecular formula is C14H22O2. The molecule has 0 aliphatic carbocycles. The van der Waals surface area contributed by atoms with Crippen molar-refractivity contribution in [2.24, 2.45) is 5.41 Å². The fraction of sp³-hybridized carbons (Fsp3) is 0.571. The first kappa shape index (κ1) is 12.9. The van der Waals surface area contributed by atoms with Gasteiger partial charge >= 0.3 is 0 Å². The maximum absolute atomic E-state index is 5.36. The number of methoxy groups -OCH3 is 2. The highest BCUT2D eigenvalue weighted by molar-refractivity contribution is 5.47. The summed E-state index contributed by atoms with van der Waals surface area (Å²) in [6.45, 7) is 8.70. The molecular weight excluding hydrogens is 200 g/mol. The molecule has 90 valence electrons. The smallest absolute Gasteiger partial charge is 0.125 e. The molecule has 0 N–H and O–H groups in total. The van der Waals surface area contributed by atoms with Crippen LogP contribution in [0.5, 0.6) is 11.5 Å². The van der Waals surface area contributed by atoms with Crippen LogP contribution in [0.1, 0.15) is 31.9 Å². The molecule has 0 saturated heterocycles.